The molecule has 1 heterocycles. The number of rotatable bonds is 1. The molecule has 0 bridgehead atoms. The molecule has 0 aliphatic heterocycles. The van der Waals surface area contributed by atoms with Gasteiger partial charge in [-0.1, -0.05) is 0 Å². The average Bonchev–Trinajstić information content (AvgIpc) is 2.65. The number of alkyl halides is 3. The van der Waals surface area contributed by atoms with Crippen molar-refractivity contribution in [3.8, 4) is 0 Å². The van der Waals surface area contributed by atoms with Crippen LogP contribution in [0.3, 0.4) is 0 Å². The largest absolute Gasteiger partial charge is 0.391 e. The number of aromatic nitrogens is 2. The van der Waals surface area contributed by atoms with Crippen LogP contribution >= 0.6 is 0 Å². The van der Waals surface area contributed by atoms with Gasteiger partial charge in [0, 0.05) is 13.2 Å². The van der Waals surface area contributed by atoms with Gasteiger partial charge in [0.25, 0.3) is 0 Å². The van der Waals surface area contributed by atoms with Crippen molar-refractivity contribution in [1.82, 2.24) is 9.78 Å². The number of nitrogens with zero attached hydrogens (tertiary/aromatic N) is 2. The summed E-state index contributed by atoms with van der Waals surface area (Å²) in [6, 6.07) is 1.66. The molecular weight excluding hydrogens is 233 g/mol. The summed E-state index contributed by atoms with van der Waals surface area (Å²) in [5, 5.41) is 14.4. The van der Waals surface area contributed by atoms with Gasteiger partial charge in [-0.2, -0.15) is 18.3 Å². The highest BCUT2D eigenvalue weighted by Gasteiger charge is 2.46. The molecule has 2 rings (SSSR count). The molecule has 0 spiro atoms. The first-order valence-electron chi connectivity index (χ1n) is 5.60. The summed E-state index contributed by atoms with van der Waals surface area (Å²) < 4.78 is 39.0. The van der Waals surface area contributed by atoms with Crippen molar-refractivity contribution >= 4 is 0 Å². The number of halogens is 3. The third kappa shape index (κ3) is 2.46. The van der Waals surface area contributed by atoms with Crippen LogP contribution in [0, 0.1) is 5.92 Å². The monoisotopic (exact) mass is 248 g/mol. The standard InChI is InChI=1S/C11H15F3N2O/c1-16-7-4-9(15-16)10(17)5-2-8(3-6-10)11(12,13)14/h4,7-8,17H,2-3,5-6H2,1H3. The lowest BCUT2D eigenvalue weighted by Crippen LogP contribution is -2.36. The van der Waals surface area contributed by atoms with Gasteiger partial charge in [0.05, 0.1) is 11.6 Å². The Labute approximate surface area is 97.2 Å². The Hall–Kier alpha value is -1.04. The van der Waals surface area contributed by atoms with Crippen molar-refractivity contribution in [3.63, 3.8) is 0 Å². The van der Waals surface area contributed by atoms with E-state index in [-0.39, 0.29) is 25.7 Å². The van der Waals surface area contributed by atoms with Crippen LogP contribution in [0.5, 0.6) is 0 Å². The van der Waals surface area contributed by atoms with E-state index in [1.165, 1.54) is 0 Å². The molecule has 0 unspecified atom stereocenters. The lowest BCUT2D eigenvalue weighted by atomic mass is 9.77. The number of aliphatic hydroxyl groups is 1. The molecule has 1 aromatic rings. The molecule has 1 aliphatic carbocycles. The molecule has 1 aliphatic rings. The predicted octanol–water partition coefficient (Wildman–Crippen LogP) is 2.36. The lowest BCUT2D eigenvalue weighted by Gasteiger charge is -2.35. The van der Waals surface area contributed by atoms with Crippen LogP contribution in [-0.4, -0.2) is 21.1 Å². The molecule has 0 saturated heterocycles. The topological polar surface area (TPSA) is 38.0 Å². The van der Waals surface area contributed by atoms with Crippen LogP contribution in [-0.2, 0) is 12.6 Å². The average molecular weight is 248 g/mol. The molecule has 1 saturated carbocycles. The molecule has 1 N–H and O–H groups in total. The Balaban J connectivity index is 2.07. The minimum absolute atomic E-state index is 0.0312. The fourth-order valence-electron chi connectivity index (χ4n) is 2.34. The normalized spacial score (nSPS) is 30.5. The first-order chi connectivity index (χ1) is 7.81. The second-order valence-corrected chi connectivity index (χ2v) is 4.72. The summed E-state index contributed by atoms with van der Waals surface area (Å²) in [6.07, 6.45) is -2.29. The number of aryl methyl sites for hydroxylation is 1. The zero-order chi connectivity index (χ0) is 12.7. The van der Waals surface area contributed by atoms with Gasteiger partial charge in [-0.15, -0.1) is 0 Å². The van der Waals surface area contributed by atoms with Gasteiger partial charge in [-0.05, 0) is 31.7 Å². The van der Waals surface area contributed by atoms with Crippen LogP contribution in [0.1, 0.15) is 31.4 Å². The third-order valence-corrected chi connectivity index (χ3v) is 3.47. The number of hydrogen-bond acceptors (Lipinski definition) is 2. The maximum atomic E-state index is 12.5. The summed E-state index contributed by atoms with van der Waals surface area (Å²) in [7, 11) is 1.72. The Morgan fingerprint density at radius 1 is 1.41 bits per heavy atom. The SMILES string of the molecule is Cn1ccc(C2(O)CCC(C(F)(F)F)CC2)n1. The van der Waals surface area contributed by atoms with E-state index in [1.54, 1.807) is 24.0 Å². The van der Waals surface area contributed by atoms with E-state index in [0.717, 1.165) is 0 Å². The van der Waals surface area contributed by atoms with Crippen molar-refractivity contribution in [2.75, 3.05) is 0 Å². The van der Waals surface area contributed by atoms with Gasteiger partial charge >= 0.3 is 6.18 Å². The summed E-state index contributed by atoms with van der Waals surface area (Å²) in [5.74, 6) is -1.29. The molecule has 1 aromatic heterocycles. The summed E-state index contributed by atoms with van der Waals surface area (Å²) >= 11 is 0. The molecule has 17 heavy (non-hydrogen) atoms. The third-order valence-electron chi connectivity index (χ3n) is 3.47. The lowest BCUT2D eigenvalue weighted by molar-refractivity contribution is -0.193. The summed E-state index contributed by atoms with van der Waals surface area (Å²) in [6.45, 7) is 0. The Kier molecular flexibility index (Phi) is 2.93. The van der Waals surface area contributed by atoms with E-state index in [1.807, 2.05) is 0 Å². The highest BCUT2D eigenvalue weighted by atomic mass is 19.4. The Morgan fingerprint density at radius 3 is 2.41 bits per heavy atom. The van der Waals surface area contributed by atoms with Crippen molar-refractivity contribution in [3.05, 3.63) is 18.0 Å². The van der Waals surface area contributed by atoms with Gasteiger partial charge in [-0.3, -0.25) is 4.68 Å². The van der Waals surface area contributed by atoms with Crippen LogP contribution in [0.2, 0.25) is 0 Å². The quantitative estimate of drug-likeness (QED) is 0.828. The molecule has 0 atom stereocenters. The zero-order valence-corrected chi connectivity index (χ0v) is 9.54. The molecule has 3 nitrogen and oxygen atoms in total. The van der Waals surface area contributed by atoms with E-state index in [0.29, 0.717) is 5.69 Å². The van der Waals surface area contributed by atoms with E-state index in [2.05, 4.69) is 5.10 Å². The second-order valence-electron chi connectivity index (χ2n) is 4.72. The molecule has 0 amide bonds. The van der Waals surface area contributed by atoms with E-state index < -0.39 is 17.7 Å². The van der Waals surface area contributed by atoms with E-state index in [9.17, 15) is 18.3 Å². The molecule has 1 fully saturated rings. The second kappa shape index (κ2) is 4.01. The minimum atomic E-state index is -4.15. The van der Waals surface area contributed by atoms with Gasteiger partial charge in [0.2, 0.25) is 0 Å². The smallest absolute Gasteiger partial charge is 0.383 e. The Morgan fingerprint density at radius 2 is 2.00 bits per heavy atom. The first-order valence-corrected chi connectivity index (χ1v) is 5.60. The van der Waals surface area contributed by atoms with Gasteiger partial charge < -0.3 is 5.11 Å². The van der Waals surface area contributed by atoms with E-state index >= 15 is 0 Å². The molecule has 96 valence electrons. The minimum Gasteiger partial charge on any atom is -0.383 e. The van der Waals surface area contributed by atoms with Gasteiger partial charge in [0.15, 0.2) is 0 Å². The van der Waals surface area contributed by atoms with Crippen LogP contribution in [0.25, 0.3) is 0 Å². The van der Waals surface area contributed by atoms with E-state index in [4.69, 9.17) is 0 Å². The molecule has 0 radical (unpaired) electrons. The van der Waals surface area contributed by atoms with Crippen LogP contribution < -0.4 is 0 Å². The first kappa shape index (κ1) is 12.4. The van der Waals surface area contributed by atoms with Crippen LogP contribution in [0.4, 0.5) is 13.2 Å². The van der Waals surface area contributed by atoms with Gasteiger partial charge in [-0.25, -0.2) is 0 Å². The highest BCUT2D eigenvalue weighted by molar-refractivity contribution is 5.11. The maximum absolute atomic E-state index is 12.5. The molecular formula is C11H15F3N2O. The van der Waals surface area contributed by atoms with Crippen molar-refractivity contribution in [1.29, 1.82) is 0 Å². The molecule has 0 aromatic carbocycles. The van der Waals surface area contributed by atoms with Crippen molar-refractivity contribution in [2.24, 2.45) is 13.0 Å². The summed E-state index contributed by atoms with van der Waals surface area (Å²) in [4.78, 5) is 0. The predicted molar refractivity (Wildman–Crippen MR) is 55.1 cm³/mol. The fraction of sp³-hybridized carbons (Fsp3) is 0.727. The maximum Gasteiger partial charge on any atom is 0.391 e. The Bertz CT molecular complexity index is 392. The van der Waals surface area contributed by atoms with Crippen molar-refractivity contribution in [2.45, 2.75) is 37.5 Å². The zero-order valence-electron chi connectivity index (χ0n) is 9.54. The van der Waals surface area contributed by atoms with Gasteiger partial charge in [0.1, 0.15) is 5.60 Å². The van der Waals surface area contributed by atoms with Crippen LogP contribution in [0.15, 0.2) is 12.3 Å². The highest BCUT2D eigenvalue weighted by Crippen LogP contribution is 2.44. The van der Waals surface area contributed by atoms with Crippen molar-refractivity contribution < 1.29 is 18.3 Å². The molecule has 6 heteroatoms. The summed E-state index contributed by atoms with van der Waals surface area (Å²) in [5.41, 5.74) is -0.719. The fourth-order valence-corrected chi connectivity index (χ4v) is 2.34. The number of hydrogen-bond donors (Lipinski definition) is 1.